The molecule has 0 bridgehead atoms. The van der Waals surface area contributed by atoms with Crippen molar-refractivity contribution >= 4 is 17.8 Å². The molecule has 0 radical (unpaired) electrons. The standard InChI is InChI=1S/C14H23N3O4/c1-21-9-14(6-2-3-7-14)8-15-12(19)10-4-5-11(18)17-13(20)16-10/h10H,2-9H2,1H3,(H,15,19)(H2,16,17,18,20). The molecule has 1 unspecified atom stereocenters. The molecule has 118 valence electrons. The van der Waals surface area contributed by atoms with Crippen molar-refractivity contribution in [3.63, 3.8) is 0 Å². The molecule has 4 amide bonds. The Bertz CT molecular complexity index is 418. The molecular formula is C14H23N3O4. The van der Waals surface area contributed by atoms with Gasteiger partial charge in [-0.3, -0.25) is 14.9 Å². The van der Waals surface area contributed by atoms with E-state index in [0.717, 1.165) is 25.7 Å². The van der Waals surface area contributed by atoms with Gasteiger partial charge < -0.3 is 15.4 Å². The Hall–Kier alpha value is -1.63. The lowest BCUT2D eigenvalue weighted by molar-refractivity contribution is -0.123. The molecule has 21 heavy (non-hydrogen) atoms. The summed E-state index contributed by atoms with van der Waals surface area (Å²) in [6.45, 7) is 1.18. The van der Waals surface area contributed by atoms with E-state index in [4.69, 9.17) is 4.74 Å². The summed E-state index contributed by atoms with van der Waals surface area (Å²) in [7, 11) is 1.67. The van der Waals surface area contributed by atoms with E-state index in [0.29, 0.717) is 19.6 Å². The van der Waals surface area contributed by atoms with Gasteiger partial charge in [-0.05, 0) is 19.3 Å². The Kier molecular flexibility index (Phi) is 5.17. The largest absolute Gasteiger partial charge is 0.384 e. The van der Waals surface area contributed by atoms with Crippen molar-refractivity contribution in [2.75, 3.05) is 20.3 Å². The van der Waals surface area contributed by atoms with Crippen molar-refractivity contribution in [1.82, 2.24) is 16.0 Å². The Morgan fingerprint density at radius 1 is 1.38 bits per heavy atom. The first-order valence-corrected chi connectivity index (χ1v) is 7.42. The molecule has 0 spiro atoms. The second kappa shape index (κ2) is 6.89. The van der Waals surface area contributed by atoms with E-state index in [1.807, 2.05) is 0 Å². The molecular weight excluding hydrogens is 274 g/mol. The van der Waals surface area contributed by atoms with Crippen LogP contribution < -0.4 is 16.0 Å². The van der Waals surface area contributed by atoms with E-state index < -0.39 is 12.1 Å². The van der Waals surface area contributed by atoms with Gasteiger partial charge in [0.05, 0.1) is 6.61 Å². The highest BCUT2D eigenvalue weighted by molar-refractivity contribution is 5.98. The summed E-state index contributed by atoms with van der Waals surface area (Å²) in [5.74, 6) is -0.586. The number of methoxy groups -OCH3 is 1. The molecule has 1 heterocycles. The van der Waals surface area contributed by atoms with Gasteiger partial charge in [0.25, 0.3) is 0 Å². The number of carbonyl (C=O) groups is 3. The van der Waals surface area contributed by atoms with Gasteiger partial charge in [-0.25, -0.2) is 4.79 Å². The quantitative estimate of drug-likeness (QED) is 0.680. The summed E-state index contributed by atoms with van der Waals surface area (Å²) in [6, 6.07) is -1.26. The highest BCUT2D eigenvalue weighted by atomic mass is 16.5. The number of hydrogen-bond donors (Lipinski definition) is 3. The molecule has 0 aromatic heterocycles. The van der Waals surface area contributed by atoms with Crippen LogP contribution in [0, 0.1) is 5.41 Å². The van der Waals surface area contributed by atoms with Crippen molar-refractivity contribution < 1.29 is 19.1 Å². The Labute approximate surface area is 124 Å². The van der Waals surface area contributed by atoms with Crippen molar-refractivity contribution in [2.45, 2.75) is 44.6 Å². The van der Waals surface area contributed by atoms with Crippen LogP contribution in [0.5, 0.6) is 0 Å². The van der Waals surface area contributed by atoms with Crippen LogP contribution in [0.3, 0.4) is 0 Å². The molecule has 1 aliphatic carbocycles. The maximum Gasteiger partial charge on any atom is 0.322 e. The summed E-state index contributed by atoms with van der Waals surface area (Å²) in [5, 5.41) is 7.59. The first-order valence-electron chi connectivity index (χ1n) is 7.42. The molecule has 2 fully saturated rings. The van der Waals surface area contributed by atoms with Crippen molar-refractivity contribution in [3.8, 4) is 0 Å². The monoisotopic (exact) mass is 297 g/mol. The number of rotatable bonds is 5. The average Bonchev–Trinajstić information content (AvgIpc) is 2.82. The van der Waals surface area contributed by atoms with E-state index in [1.165, 1.54) is 0 Å². The Morgan fingerprint density at radius 3 is 2.76 bits per heavy atom. The summed E-state index contributed by atoms with van der Waals surface area (Å²) >= 11 is 0. The lowest BCUT2D eigenvalue weighted by atomic mass is 9.87. The third-order valence-corrected chi connectivity index (χ3v) is 4.29. The molecule has 7 nitrogen and oxygen atoms in total. The smallest absolute Gasteiger partial charge is 0.322 e. The molecule has 2 rings (SSSR count). The highest BCUT2D eigenvalue weighted by Crippen LogP contribution is 2.37. The third kappa shape index (κ3) is 4.17. The fourth-order valence-corrected chi connectivity index (χ4v) is 3.13. The van der Waals surface area contributed by atoms with Gasteiger partial charge in [-0.2, -0.15) is 0 Å². The SMILES string of the molecule is COCC1(CNC(=O)C2CCC(=O)NC(=O)N2)CCCC1. The number of ether oxygens (including phenoxy) is 1. The first-order chi connectivity index (χ1) is 10.0. The fraction of sp³-hybridized carbons (Fsp3) is 0.786. The van der Waals surface area contributed by atoms with Crippen molar-refractivity contribution in [2.24, 2.45) is 5.41 Å². The van der Waals surface area contributed by atoms with E-state index in [2.05, 4.69) is 16.0 Å². The zero-order chi connectivity index (χ0) is 15.3. The first kappa shape index (κ1) is 15.8. The minimum absolute atomic E-state index is 0.00716. The molecule has 2 aliphatic rings. The van der Waals surface area contributed by atoms with Gasteiger partial charge in [0.1, 0.15) is 6.04 Å². The molecule has 7 heteroatoms. The maximum absolute atomic E-state index is 12.2. The number of carbonyl (C=O) groups excluding carboxylic acids is 3. The van der Waals surface area contributed by atoms with Crippen molar-refractivity contribution in [1.29, 1.82) is 0 Å². The summed E-state index contributed by atoms with van der Waals surface area (Å²) in [6.07, 6.45) is 4.87. The van der Waals surface area contributed by atoms with Crippen LogP contribution >= 0.6 is 0 Å². The molecule has 1 atom stereocenters. The molecule has 3 N–H and O–H groups in total. The number of urea groups is 1. The fourth-order valence-electron chi connectivity index (χ4n) is 3.13. The predicted molar refractivity (Wildman–Crippen MR) is 75.5 cm³/mol. The minimum atomic E-state index is -0.655. The second-order valence-corrected chi connectivity index (χ2v) is 5.97. The number of nitrogens with one attached hydrogen (secondary N) is 3. The minimum Gasteiger partial charge on any atom is -0.384 e. The van der Waals surface area contributed by atoms with Crippen molar-refractivity contribution in [3.05, 3.63) is 0 Å². The van der Waals surface area contributed by atoms with Gasteiger partial charge in [-0.15, -0.1) is 0 Å². The third-order valence-electron chi connectivity index (χ3n) is 4.29. The van der Waals surface area contributed by atoms with Crippen LogP contribution in [-0.2, 0) is 14.3 Å². The van der Waals surface area contributed by atoms with E-state index in [9.17, 15) is 14.4 Å². The predicted octanol–water partition coefficient (Wildman–Crippen LogP) is 0.298. The summed E-state index contributed by atoms with van der Waals surface area (Å²) in [4.78, 5) is 34.8. The van der Waals surface area contributed by atoms with Crippen LogP contribution in [0.1, 0.15) is 38.5 Å². The zero-order valence-corrected chi connectivity index (χ0v) is 12.4. The normalized spacial score (nSPS) is 24.9. The molecule has 0 aromatic carbocycles. The second-order valence-electron chi connectivity index (χ2n) is 5.97. The number of imide groups is 1. The molecule has 0 aromatic rings. The zero-order valence-electron chi connectivity index (χ0n) is 12.4. The van der Waals surface area contributed by atoms with Gasteiger partial charge in [0, 0.05) is 25.5 Å². The van der Waals surface area contributed by atoms with Crippen LogP contribution in [-0.4, -0.2) is 44.1 Å². The number of amides is 4. The van der Waals surface area contributed by atoms with Crippen LogP contribution in [0.15, 0.2) is 0 Å². The van der Waals surface area contributed by atoms with Crippen LogP contribution in [0.2, 0.25) is 0 Å². The highest BCUT2D eigenvalue weighted by Gasteiger charge is 2.35. The topological polar surface area (TPSA) is 96.5 Å². The molecule has 1 saturated carbocycles. The lowest BCUT2D eigenvalue weighted by Gasteiger charge is -2.29. The summed E-state index contributed by atoms with van der Waals surface area (Å²) in [5.41, 5.74) is 0.00716. The summed E-state index contributed by atoms with van der Waals surface area (Å²) < 4.78 is 5.28. The maximum atomic E-state index is 12.2. The Balaban J connectivity index is 1.88. The lowest BCUT2D eigenvalue weighted by Crippen LogP contribution is -2.50. The number of hydrogen-bond acceptors (Lipinski definition) is 4. The van der Waals surface area contributed by atoms with Crippen LogP contribution in [0.4, 0.5) is 4.79 Å². The van der Waals surface area contributed by atoms with E-state index in [-0.39, 0.29) is 23.7 Å². The van der Waals surface area contributed by atoms with Crippen LogP contribution in [0.25, 0.3) is 0 Å². The van der Waals surface area contributed by atoms with Gasteiger partial charge in [0.2, 0.25) is 11.8 Å². The Morgan fingerprint density at radius 2 is 2.10 bits per heavy atom. The van der Waals surface area contributed by atoms with E-state index >= 15 is 0 Å². The van der Waals surface area contributed by atoms with Gasteiger partial charge in [-0.1, -0.05) is 12.8 Å². The van der Waals surface area contributed by atoms with Gasteiger partial charge >= 0.3 is 6.03 Å². The molecule has 1 aliphatic heterocycles. The molecule has 1 saturated heterocycles. The average molecular weight is 297 g/mol. The van der Waals surface area contributed by atoms with E-state index in [1.54, 1.807) is 7.11 Å². The van der Waals surface area contributed by atoms with Gasteiger partial charge in [0.15, 0.2) is 0 Å².